The number of hydrogen-bond donors (Lipinski definition) is 2. The normalized spacial score (nSPS) is 24.5. The van der Waals surface area contributed by atoms with E-state index in [0.29, 0.717) is 24.9 Å². The van der Waals surface area contributed by atoms with Crippen molar-refractivity contribution in [2.45, 2.75) is 37.3 Å². The minimum Gasteiger partial charge on any atom is -0.380 e. The number of anilines is 1. The van der Waals surface area contributed by atoms with Crippen LogP contribution in [-0.2, 0) is 11.2 Å². The molecule has 3 aliphatic heterocycles. The summed E-state index contributed by atoms with van der Waals surface area (Å²) in [6.07, 6.45) is 3.03. The summed E-state index contributed by atoms with van der Waals surface area (Å²) in [5, 5.41) is 6.59. The number of para-hydroxylation sites is 1. The molecule has 2 aromatic rings. The maximum atomic E-state index is 12.9. The maximum Gasteiger partial charge on any atom is 0.274 e. The fraction of sp³-hybridized carbons (Fsp3) is 0.421. The third kappa shape index (κ3) is 2.62. The van der Waals surface area contributed by atoms with Crippen molar-refractivity contribution in [2.75, 3.05) is 18.5 Å². The van der Waals surface area contributed by atoms with Gasteiger partial charge in [0, 0.05) is 17.3 Å². The van der Waals surface area contributed by atoms with Gasteiger partial charge in [-0.25, -0.2) is 9.97 Å². The first kappa shape index (κ1) is 15.0. The number of benzene rings is 1. The van der Waals surface area contributed by atoms with Crippen LogP contribution in [-0.4, -0.2) is 35.1 Å². The Kier molecular flexibility index (Phi) is 3.53. The number of aromatic nitrogens is 2. The van der Waals surface area contributed by atoms with Crippen LogP contribution in [0.1, 0.15) is 52.4 Å². The second kappa shape index (κ2) is 5.89. The molecule has 2 fully saturated rings. The molecule has 6 nitrogen and oxygen atoms in total. The average molecular weight is 336 g/mol. The van der Waals surface area contributed by atoms with E-state index in [9.17, 15) is 4.79 Å². The Labute approximate surface area is 146 Å². The number of carbonyl (C=O) groups is 1. The maximum absolute atomic E-state index is 12.9. The van der Waals surface area contributed by atoms with Crippen LogP contribution in [0, 0.1) is 0 Å². The lowest BCUT2D eigenvalue weighted by molar-refractivity contribution is 0.00460. The van der Waals surface area contributed by atoms with Crippen molar-refractivity contribution in [3.63, 3.8) is 0 Å². The number of ether oxygens (including phenoxy) is 1. The molecule has 0 saturated carbocycles. The Morgan fingerprint density at radius 1 is 1.16 bits per heavy atom. The number of rotatable bonds is 3. The lowest BCUT2D eigenvalue weighted by Crippen LogP contribution is -2.36. The van der Waals surface area contributed by atoms with Crippen molar-refractivity contribution in [2.24, 2.45) is 0 Å². The molecule has 128 valence electrons. The van der Waals surface area contributed by atoms with Crippen molar-refractivity contribution in [3.8, 4) is 0 Å². The van der Waals surface area contributed by atoms with Crippen molar-refractivity contribution in [1.82, 2.24) is 15.3 Å². The fourth-order valence-corrected chi connectivity index (χ4v) is 3.92. The Bertz CT molecular complexity index is 820. The zero-order valence-electron chi connectivity index (χ0n) is 13.9. The molecule has 6 heteroatoms. The van der Waals surface area contributed by atoms with Gasteiger partial charge in [0.05, 0.1) is 30.9 Å². The van der Waals surface area contributed by atoms with Crippen molar-refractivity contribution in [3.05, 3.63) is 53.1 Å². The quantitative estimate of drug-likeness (QED) is 0.898. The minimum atomic E-state index is -0.146. The summed E-state index contributed by atoms with van der Waals surface area (Å²) in [6, 6.07) is 10.2. The standard InChI is InChI=1S/C19H20N4O2/c24-19(21-12-4-2-1-3-5-12)17-14-8-13-6-7-15(20-13)16(14)22-18(23-17)11-9-25-10-11/h1-5,11,13,15,20H,6-10H2,(H,21,24). The molecule has 5 rings (SSSR count). The van der Waals surface area contributed by atoms with Gasteiger partial charge in [0.15, 0.2) is 0 Å². The van der Waals surface area contributed by atoms with E-state index in [2.05, 4.69) is 15.6 Å². The highest BCUT2D eigenvalue weighted by Gasteiger charge is 2.38. The Hall–Kier alpha value is -2.31. The molecule has 1 aromatic carbocycles. The van der Waals surface area contributed by atoms with E-state index >= 15 is 0 Å². The van der Waals surface area contributed by atoms with Crippen LogP contribution in [0.3, 0.4) is 0 Å². The summed E-state index contributed by atoms with van der Waals surface area (Å²) in [5.41, 5.74) is 3.35. The monoisotopic (exact) mass is 336 g/mol. The average Bonchev–Trinajstić information content (AvgIpc) is 2.97. The second-order valence-corrected chi connectivity index (χ2v) is 7.05. The third-order valence-corrected chi connectivity index (χ3v) is 5.33. The number of fused-ring (bicyclic) bond motifs is 4. The summed E-state index contributed by atoms with van der Waals surface area (Å²) < 4.78 is 5.29. The van der Waals surface area contributed by atoms with Crippen LogP contribution in [0.25, 0.3) is 0 Å². The molecule has 4 heterocycles. The molecule has 2 bridgehead atoms. The number of carbonyl (C=O) groups excluding carboxylic acids is 1. The van der Waals surface area contributed by atoms with Gasteiger partial charge in [0.2, 0.25) is 0 Å². The van der Waals surface area contributed by atoms with Crippen LogP contribution in [0.4, 0.5) is 5.69 Å². The molecule has 0 spiro atoms. The van der Waals surface area contributed by atoms with Crippen molar-refractivity contribution >= 4 is 11.6 Å². The summed E-state index contributed by atoms with van der Waals surface area (Å²) in [7, 11) is 0. The molecule has 3 aliphatic rings. The van der Waals surface area contributed by atoms with E-state index < -0.39 is 0 Å². The van der Waals surface area contributed by atoms with Crippen LogP contribution in [0.2, 0.25) is 0 Å². The van der Waals surface area contributed by atoms with Gasteiger partial charge in [0.25, 0.3) is 5.91 Å². The molecule has 0 radical (unpaired) electrons. The minimum absolute atomic E-state index is 0.146. The topological polar surface area (TPSA) is 76.1 Å². The highest BCUT2D eigenvalue weighted by atomic mass is 16.5. The Morgan fingerprint density at radius 2 is 2.00 bits per heavy atom. The molecule has 1 aromatic heterocycles. The van der Waals surface area contributed by atoms with Crippen LogP contribution in [0.15, 0.2) is 30.3 Å². The molecule has 2 saturated heterocycles. The highest BCUT2D eigenvalue weighted by Crippen LogP contribution is 2.37. The zero-order valence-corrected chi connectivity index (χ0v) is 13.9. The summed E-state index contributed by atoms with van der Waals surface area (Å²) >= 11 is 0. The number of nitrogens with one attached hydrogen (secondary N) is 2. The van der Waals surface area contributed by atoms with Gasteiger partial charge in [0.1, 0.15) is 11.5 Å². The van der Waals surface area contributed by atoms with Crippen LogP contribution < -0.4 is 10.6 Å². The summed E-state index contributed by atoms with van der Waals surface area (Å²) in [6.45, 7) is 1.28. The van der Waals surface area contributed by atoms with Crippen LogP contribution in [0.5, 0.6) is 0 Å². The zero-order chi connectivity index (χ0) is 16.8. The number of nitrogens with zero attached hydrogens (tertiary/aromatic N) is 2. The van der Waals surface area contributed by atoms with Gasteiger partial charge >= 0.3 is 0 Å². The number of amides is 1. The molecule has 25 heavy (non-hydrogen) atoms. The lowest BCUT2D eigenvalue weighted by Gasteiger charge is -2.29. The Balaban J connectivity index is 1.55. The molecule has 0 aliphatic carbocycles. The lowest BCUT2D eigenvalue weighted by atomic mass is 9.96. The van der Waals surface area contributed by atoms with Crippen LogP contribution >= 0.6 is 0 Å². The SMILES string of the molecule is O=C(Nc1ccccc1)c1nc(C2COC2)nc2c1CC1CCC2N1. The van der Waals surface area contributed by atoms with Crippen molar-refractivity contribution in [1.29, 1.82) is 0 Å². The molecular formula is C19H20N4O2. The first-order valence-electron chi connectivity index (χ1n) is 8.89. The van der Waals surface area contributed by atoms with Gasteiger partial charge in [-0.2, -0.15) is 0 Å². The van der Waals surface area contributed by atoms with Gasteiger partial charge in [-0.3, -0.25) is 4.79 Å². The predicted molar refractivity (Wildman–Crippen MR) is 92.6 cm³/mol. The molecule has 2 N–H and O–H groups in total. The molecular weight excluding hydrogens is 316 g/mol. The molecule has 1 amide bonds. The van der Waals surface area contributed by atoms with Gasteiger partial charge in [-0.1, -0.05) is 18.2 Å². The highest BCUT2D eigenvalue weighted by molar-refractivity contribution is 6.04. The van der Waals surface area contributed by atoms with Gasteiger partial charge in [-0.15, -0.1) is 0 Å². The van der Waals surface area contributed by atoms with Crippen molar-refractivity contribution < 1.29 is 9.53 Å². The molecule has 2 atom stereocenters. The van der Waals surface area contributed by atoms with Gasteiger partial charge < -0.3 is 15.4 Å². The summed E-state index contributed by atoms with van der Waals surface area (Å²) in [5.74, 6) is 0.802. The molecule has 2 unspecified atom stereocenters. The smallest absolute Gasteiger partial charge is 0.274 e. The third-order valence-electron chi connectivity index (χ3n) is 5.33. The largest absolute Gasteiger partial charge is 0.380 e. The van der Waals surface area contributed by atoms with E-state index in [1.807, 2.05) is 30.3 Å². The Morgan fingerprint density at radius 3 is 2.76 bits per heavy atom. The van der Waals surface area contributed by atoms with Gasteiger partial charge in [-0.05, 0) is 31.4 Å². The van der Waals surface area contributed by atoms with E-state index in [4.69, 9.17) is 9.72 Å². The number of hydrogen-bond acceptors (Lipinski definition) is 5. The summed E-state index contributed by atoms with van der Waals surface area (Å²) in [4.78, 5) is 22.4. The van der Waals surface area contributed by atoms with E-state index in [0.717, 1.165) is 42.0 Å². The first-order valence-corrected chi connectivity index (χ1v) is 8.89. The van der Waals surface area contributed by atoms with E-state index in [1.54, 1.807) is 0 Å². The second-order valence-electron chi connectivity index (χ2n) is 7.05. The van der Waals surface area contributed by atoms with E-state index in [-0.39, 0.29) is 17.9 Å². The predicted octanol–water partition coefficient (Wildman–Crippen LogP) is 2.19. The van der Waals surface area contributed by atoms with E-state index in [1.165, 1.54) is 0 Å². The fourth-order valence-electron chi connectivity index (χ4n) is 3.92. The first-order chi connectivity index (χ1) is 12.3.